The summed E-state index contributed by atoms with van der Waals surface area (Å²) in [5, 5.41) is 0. The van der Waals surface area contributed by atoms with Gasteiger partial charge in [0.15, 0.2) is 0 Å². The summed E-state index contributed by atoms with van der Waals surface area (Å²) in [5.74, 6) is 0.0962. The first kappa shape index (κ1) is 15.8. The van der Waals surface area contributed by atoms with E-state index in [-0.39, 0.29) is 22.7 Å². The molecule has 2 rings (SSSR count). The molecule has 1 heterocycles. The predicted octanol–water partition coefficient (Wildman–Crippen LogP) is 3.34. The molecule has 0 aromatic carbocycles. The highest BCUT2D eigenvalue weighted by Gasteiger charge is 2.25. The van der Waals surface area contributed by atoms with Crippen molar-refractivity contribution in [2.24, 2.45) is 5.92 Å². The van der Waals surface area contributed by atoms with Crippen LogP contribution in [-0.4, -0.2) is 20.5 Å². The molecule has 4 nitrogen and oxygen atoms in total. The molecule has 0 N–H and O–H groups in total. The zero-order valence-corrected chi connectivity index (χ0v) is 13.6. The van der Waals surface area contributed by atoms with Crippen molar-refractivity contribution < 1.29 is 17.9 Å². The molecule has 7 heteroatoms. The zero-order valence-electron chi connectivity index (χ0n) is 11.2. The normalized spacial score (nSPS) is 23.5. The van der Waals surface area contributed by atoms with Crippen molar-refractivity contribution in [3.63, 3.8) is 0 Å². The Balaban J connectivity index is 1.93. The van der Waals surface area contributed by atoms with E-state index in [0.29, 0.717) is 10.8 Å². The van der Waals surface area contributed by atoms with Crippen LogP contribution in [0.5, 0.6) is 0 Å². The highest BCUT2D eigenvalue weighted by molar-refractivity contribution is 8.15. The lowest BCUT2D eigenvalue weighted by Crippen LogP contribution is -2.28. The molecule has 0 aliphatic heterocycles. The number of ether oxygens (including phenoxy) is 1. The summed E-state index contributed by atoms with van der Waals surface area (Å²) >= 11 is 1.01. The van der Waals surface area contributed by atoms with Crippen LogP contribution in [0.15, 0.2) is 16.3 Å². The van der Waals surface area contributed by atoms with Crippen molar-refractivity contribution in [3.8, 4) is 0 Å². The summed E-state index contributed by atoms with van der Waals surface area (Å²) in [7, 11) is 1.53. The van der Waals surface area contributed by atoms with Gasteiger partial charge in [0.1, 0.15) is 10.3 Å². The number of rotatable bonds is 4. The summed E-state index contributed by atoms with van der Waals surface area (Å²) in [6.07, 6.45) is 4.38. The summed E-state index contributed by atoms with van der Waals surface area (Å²) in [4.78, 5) is 12.5. The monoisotopic (exact) mass is 336 g/mol. The topological polar surface area (TPSA) is 60.4 Å². The second-order valence-electron chi connectivity index (χ2n) is 5.13. The lowest BCUT2D eigenvalue weighted by Gasteiger charge is -2.28. The maximum absolute atomic E-state index is 11.9. The van der Waals surface area contributed by atoms with Crippen molar-refractivity contribution in [2.75, 3.05) is 0 Å². The van der Waals surface area contributed by atoms with Gasteiger partial charge in [0.2, 0.25) is 0 Å². The summed E-state index contributed by atoms with van der Waals surface area (Å²) in [6.45, 7) is 2.10. The fourth-order valence-electron chi connectivity index (χ4n) is 2.39. The van der Waals surface area contributed by atoms with Crippen LogP contribution < -0.4 is 0 Å². The zero-order chi connectivity index (χ0) is 14.8. The van der Waals surface area contributed by atoms with E-state index in [0.717, 1.165) is 30.6 Å². The van der Waals surface area contributed by atoms with Crippen molar-refractivity contribution in [1.82, 2.24) is 0 Å². The smallest absolute Gasteiger partial charge is 0.311 e. The van der Waals surface area contributed by atoms with E-state index >= 15 is 0 Å². The number of esters is 1. The first-order chi connectivity index (χ1) is 9.36. The Bertz CT molecular complexity index is 579. The van der Waals surface area contributed by atoms with E-state index < -0.39 is 9.05 Å². The van der Waals surface area contributed by atoms with Gasteiger partial charge in [0.05, 0.1) is 6.42 Å². The summed E-state index contributed by atoms with van der Waals surface area (Å²) in [6, 6.07) is 3.02. The molecule has 0 saturated heterocycles. The van der Waals surface area contributed by atoms with Gasteiger partial charge in [-0.05, 0) is 37.3 Å². The number of carbonyl (C=O) groups is 1. The molecule has 1 aromatic rings. The second-order valence-corrected chi connectivity index (χ2v) is 9.09. The van der Waals surface area contributed by atoms with E-state index in [4.69, 9.17) is 15.4 Å². The molecule has 112 valence electrons. The highest BCUT2D eigenvalue weighted by Crippen LogP contribution is 2.28. The van der Waals surface area contributed by atoms with Crippen molar-refractivity contribution in [3.05, 3.63) is 17.0 Å². The van der Waals surface area contributed by atoms with E-state index in [1.165, 1.54) is 12.5 Å². The van der Waals surface area contributed by atoms with Crippen molar-refractivity contribution in [1.29, 1.82) is 0 Å². The number of halogens is 1. The Morgan fingerprint density at radius 2 is 2.10 bits per heavy atom. The minimum Gasteiger partial charge on any atom is -0.462 e. The van der Waals surface area contributed by atoms with Crippen LogP contribution in [0.2, 0.25) is 0 Å². The quantitative estimate of drug-likeness (QED) is 0.625. The van der Waals surface area contributed by atoms with E-state index in [9.17, 15) is 13.2 Å². The molecule has 2 atom stereocenters. The van der Waals surface area contributed by atoms with E-state index in [1.54, 1.807) is 6.07 Å². The molecule has 0 spiro atoms. The Labute approximate surface area is 127 Å². The molecule has 1 fully saturated rings. The van der Waals surface area contributed by atoms with Crippen LogP contribution in [0.4, 0.5) is 0 Å². The first-order valence-corrected chi connectivity index (χ1v) is 9.71. The number of hydrogen-bond donors (Lipinski definition) is 0. The lowest BCUT2D eigenvalue weighted by molar-refractivity contribution is -0.152. The molecule has 1 aliphatic carbocycles. The molecule has 0 radical (unpaired) electrons. The average Bonchev–Trinajstić information content (AvgIpc) is 2.80. The van der Waals surface area contributed by atoms with Crippen LogP contribution in [0, 0.1) is 5.92 Å². The predicted molar refractivity (Wildman–Crippen MR) is 78.6 cm³/mol. The Morgan fingerprint density at radius 1 is 1.40 bits per heavy atom. The Hall–Kier alpha value is -0.590. The van der Waals surface area contributed by atoms with Gasteiger partial charge in [-0.1, -0.05) is 13.3 Å². The summed E-state index contributed by atoms with van der Waals surface area (Å²) in [5.41, 5.74) is 0. The maximum atomic E-state index is 11.9. The Kier molecular flexibility index (Phi) is 5.09. The van der Waals surface area contributed by atoms with Crippen molar-refractivity contribution >= 4 is 37.0 Å². The third-order valence-electron chi connectivity index (χ3n) is 3.51. The number of hydrogen-bond acceptors (Lipinski definition) is 5. The van der Waals surface area contributed by atoms with Gasteiger partial charge >= 0.3 is 5.97 Å². The SMILES string of the molecule is CC1CCCCC1OC(=O)Cc1ccc(S(=O)(=O)Cl)s1. The Morgan fingerprint density at radius 3 is 2.70 bits per heavy atom. The third kappa shape index (κ3) is 4.20. The molecule has 2 unspecified atom stereocenters. The highest BCUT2D eigenvalue weighted by atomic mass is 35.7. The standard InChI is InChI=1S/C13H17ClO4S2/c1-9-4-2-3-5-11(9)18-12(15)8-10-6-7-13(19-10)20(14,16)17/h6-7,9,11H,2-5,8H2,1H3. The van der Waals surface area contributed by atoms with Crippen molar-refractivity contribution in [2.45, 2.75) is 49.3 Å². The molecule has 20 heavy (non-hydrogen) atoms. The molecule has 1 aromatic heterocycles. The number of carbonyl (C=O) groups excluding carboxylic acids is 1. The molecule has 1 aliphatic rings. The van der Waals surface area contributed by atoms with Crippen LogP contribution in [-0.2, 0) is 25.0 Å². The molecule has 1 saturated carbocycles. The fraction of sp³-hybridized carbons (Fsp3) is 0.615. The lowest BCUT2D eigenvalue weighted by atomic mass is 9.88. The molecular formula is C13H17ClO4S2. The van der Waals surface area contributed by atoms with Gasteiger partial charge in [-0.15, -0.1) is 11.3 Å². The molecule has 0 amide bonds. The van der Waals surface area contributed by atoms with E-state index in [1.807, 2.05) is 0 Å². The van der Waals surface area contributed by atoms with Crippen LogP contribution in [0.3, 0.4) is 0 Å². The second kappa shape index (κ2) is 6.45. The van der Waals surface area contributed by atoms with Crippen LogP contribution in [0.25, 0.3) is 0 Å². The van der Waals surface area contributed by atoms with E-state index in [2.05, 4.69) is 6.92 Å². The van der Waals surface area contributed by atoms with Gasteiger partial charge in [-0.2, -0.15) is 0 Å². The van der Waals surface area contributed by atoms with Gasteiger partial charge in [0.25, 0.3) is 9.05 Å². The van der Waals surface area contributed by atoms with Gasteiger partial charge in [0, 0.05) is 15.6 Å². The van der Waals surface area contributed by atoms with Crippen LogP contribution in [0.1, 0.15) is 37.5 Å². The molecule has 0 bridgehead atoms. The van der Waals surface area contributed by atoms with Gasteiger partial charge < -0.3 is 4.74 Å². The molecular weight excluding hydrogens is 320 g/mol. The minimum atomic E-state index is -3.72. The first-order valence-electron chi connectivity index (χ1n) is 6.59. The van der Waals surface area contributed by atoms with Gasteiger partial charge in [-0.3, -0.25) is 4.79 Å². The average molecular weight is 337 g/mol. The minimum absolute atomic E-state index is 0.00700. The van der Waals surface area contributed by atoms with Gasteiger partial charge in [-0.25, -0.2) is 8.42 Å². The third-order valence-corrected chi connectivity index (χ3v) is 6.69. The largest absolute Gasteiger partial charge is 0.462 e. The number of thiophene rings is 1. The van der Waals surface area contributed by atoms with Crippen LogP contribution >= 0.6 is 22.0 Å². The fourth-order valence-corrected chi connectivity index (χ4v) is 4.50. The summed E-state index contributed by atoms with van der Waals surface area (Å²) < 4.78 is 27.9. The maximum Gasteiger partial charge on any atom is 0.311 e.